The van der Waals surface area contributed by atoms with Crippen molar-refractivity contribution in [3.8, 4) is 0 Å². The SMILES string of the molecule is CCc1nc([C@H]2CN(CC(=O)Nc3nccs3)CCO2)n[nH]1. The van der Waals surface area contributed by atoms with Crippen LogP contribution in [0.15, 0.2) is 11.6 Å². The molecule has 8 nitrogen and oxygen atoms in total. The van der Waals surface area contributed by atoms with E-state index in [0.717, 1.165) is 12.2 Å². The van der Waals surface area contributed by atoms with E-state index in [-0.39, 0.29) is 12.0 Å². The molecule has 3 heterocycles. The molecule has 0 aromatic carbocycles. The maximum absolute atomic E-state index is 12.0. The van der Waals surface area contributed by atoms with E-state index in [1.807, 2.05) is 17.2 Å². The van der Waals surface area contributed by atoms with Crippen molar-refractivity contribution in [2.75, 3.05) is 31.6 Å². The molecule has 1 amide bonds. The number of aromatic nitrogens is 4. The summed E-state index contributed by atoms with van der Waals surface area (Å²) in [6, 6.07) is 0. The number of aromatic amines is 1. The first-order valence-electron chi connectivity index (χ1n) is 7.19. The molecule has 2 aromatic rings. The van der Waals surface area contributed by atoms with Gasteiger partial charge in [0.15, 0.2) is 11.0 Å². The van der Waals surface area contributed by atoms with E-state index in [0.29, 0.717) is 37.2 Å². The van der Waals surface area contributed by atoms with E-state index in [2.05, 4.69) is 25.5 Å². The summed E-state index contributed by atoms with van der Waals surface area (Å²) in [5, 5.41) is 12.3. The van der Waals surface area contributed by atoms with E-state index < -0.39 is 0 Å². The molecule has 1 aliphatic heterocycles. The fourth-order valence-corrected chi connectivity index (χ4v) is 2.81. The Kier molecular flexibility index (Phi) is 4.76. The number of ether oxygens (including phenoxy) is 1. The number of nitrogens with zero attached hydrogens (tertiary/aromatic N) is 4. The summed E-state index contributed by atoms with van der Waals surface area (Å²) in [5.41, 5.74) is 0. The Hall–Kier alpha value is -1.84. The number of rotatable bonds is 5. The third-order valence-electron chi connectivity index (χ3n) is 3.37. The highest BCUT2D eigenvalue weighted by Crippen LogP contribution is 2.19. The molecule has 0 aliphatic carbocycles. The summed E-state index contributed by atoms with van der Waals surface area (Å²) in [5.74, 6) is 1.43. The monoisotopic (exact) mass is 322 g/mol. The zero-order valence-corrected chi connectivity index (χ0v) is 13.1. The molecule has 0 radical (unpaired) electrons. The molecule has 9 heteroatoms. The fraction of sp³-hybridized carbons (Fsp3) is 0.538. The Labute approximate surface area is 131 Å². The van der Waals surface area contributed by atoms with Crippen LogP contribution in [0.5, 0.6) is 0 Å². The minimum Gasteiger partial charge on any atom is -0.367 e. The van der Waals surface area contributed by atoms with Crippen LogP contribution in [-0.2, 0) is 16.0 Å². The lowest BCUT2D eigenvalue weighted by atomic mass is 10.2. The molecular formula is C13H18N6O2S. The van der Waals surface area contributed by atoms with Gasteiger partial charge >= 0.3 is 0 Å². The summed E-state index contributed by atoms with van der Waals surface area (Å²) >= 11 is 1.41. The molecule has 1 saturated heterocycles. The van der Waals surface area contributed by atoms with Crippen molar-refractivity contribution in [3.05, 3.63) is 23.2 Å². The van der Waals surface area contributed by atoms with Gasteiger partial charge in [0, 0.05) is 31.1 Å². The number of carbonyl (C=O) groups is 1. The van der Waals surface area contributed by atoms with Gasteiger partial charge in [0.1, 0.15) is 11.9 Å². The molecule has 3 rings (SSSR count). The minimum atomic E-state index is -0.196. The summed E-state index contributed by atoms with van der Waals surface area (Å²) < 4.78 is 5.71. The van der Waals surface area contributed by atoms with Crippen LogP contribution in [0.25, 0.3) is 0 Å². The summed E-state index contributed by atoms with van der Waals surface area (Å²) in [6.07, 6.45) is 2.28. The van der Waals surface area contributed by atoms with Gasteiger partial charge in [-0.2, -0.15) is 5.10 Å². The lowest BCUT2D eigenvalue weighted by molar-refractivity contribution is -0.119. The number of amides is 1. The predicted octanol–water partition coefficient (Wildman–Crippen LogP) is 0.836. The third-order valence-corrected chi connectivity index (χ3v) is 4.06. The number of aryl methyl sites for hydroxylation is 1. The third kappa shape index (κ3) is 3.67. The van der Waals surface area contributed by atoms with Crippen molar-refractivity contribution in [2.24, 2.45) is 0 Å². The number of hydrogen-bond acceptors (Lipinski definition) is 7. The average molecular weight is 322 g/mol. The quantitative estimate of drug-likeness (QED) is 0.847. The molecule has 22 heavy (non-hydrogen) atoms. The first kappa shape index (κ1) is 15.1. The number of morpholine rings is 1. The second kappa shape index (κ2) is 6.95. The number of carbonyl (C=O) groups excluding carboxylic acids is 1. The Morgan fingerprint density at radius 1 is 1.64 bits per heavy atom. The zero-order chi connectivity index (χ0) is 15.4. The van der Waals surface area contributed by atoms with Crippen LogP contribution in [0.3, 0.4) is 0 Å². The summed E-state index contributed by atoms with van der Waals surface area (Å²) in [7, 11) is 0. The van der Waals surface area contributed by atoms with Gasteiger partial charge < -0.3 is 10.1 Å². The maximum Gasteiger partial charge on any atom is 0.240 e. The van der Waals surface area contributed by atoms with E-state index in [4.69, 9.17) is 4.74 Å². The highest BCUT2D eigenvalue weighted by atomic mass is 32.1. The van der Waals surface area contributed by atoms with Crippen molar-refractivity contribution in [3.63, 3.8) is 0 Å². The van der Waals surface area contributed by atoms with Gasteiger partial charge in [-0.05, 0) is 0 Å². The van der Waals surface area contributed by atoms with E-state index in [1.54, 1.807) is 6.20 Å². The molecular weight excluding hydrogens is 304 g/mol. The molecule has 0 bridgehead atoms. The van der Waals surface area contributed by atoms with Gasteiger partial charge in [0.25, 0.3) is 0 Å². The average Bonchev–Trinajstić information content (AvgIpc) is 3.18. The number of thiazole rings is 1. The smallest absolute Gasteiger partial charge is 0.240 e. The molecule has 2 aromatic heterocycles. The Morgan fingerprint density at radius 3 is 3.27 bits per heavy atom. The maximum atomic E-state index is 12.0. The normalized spacial score (nSPS) is 19.2. The van der Waals surface area contributed by atoms with Crippen molar-refractivity contribution in [1.82, 2.24) is 25.1 Å². The molecule has 2 N–H and O–H groups in total. The van der Waals surface area contributed by atoms with Gasteiger partial charge in [-0.3, -0.25) is 14.8 Å². The molecule has 1 aliphatic rings. The van der Waals surface area contributed by atoms with E-state index in [1.165, 1.54) is 11.3 Å². The Bertz CT molecular complexity index is 614. The Morgan fingerprint density at radius 2 is 2.55 bits per heavy atom. The van der Waals surface area contributed by atoms with Crippen LogP contribution >= 0.6 is 11.3 Å². The second-order valence-electron chi connectivity index (χ2n) is 4.97. The topological polar surface area (TPSA) is 96.0 Å². The molecule has 118 valence electrons. The first-order chi connectivity index (χ1) is 10.7. The van der Waals surface area contributed by atoms with Crippen molar-refractivity contribution < 1.29 is 9.53 Å². The molecule has 1 atom stereocenters. The first-order valence-corrected chi connectivity index (χ1v) is 8.07. The lowest BCUT2D eigenvalue weighted by Crippen LogP contribution is -2.42. The van der Waals surface area contributed by atoms with Crippen molar-refractivity contribution in [2.45, 2.75) is 19.4 Å². The van der Waals surface area contributed by atoms with Crippen LogP contribution in [0.1, 0.15) is 24.7 Å². The predicted molar refractivity (Wildman–Crippen MR) is 81.6 cm³/mol. The van der Waals surface area contributed by atoms with Gasteiger partial charge in [-0.15, -0.1) is 11.3 Å². The molecule has 0 unspecified atom stereocenters. The lowest BCUT2D eigenvalue weighted by Gasteiger charge is -2.30. The van der Waals surface area contributed by atoms with E-state index >= 15 is 0 Å². The number of nitrogens with one attached hydrogen (secondary N) is 2. The van der Waals surface area contributed by atoms with Crippen LogP contribution in [0.2, 0.25) is 0 Å². The molecule has 0 saturated carbocycles. The number of hydrogen-bond donors (Lipinski definition) is 2. The highest BCUT2D eigenvalue weighted by molar-refractivity contribution is 7.13. The summed E-state index contributed by atoms with van der Waals surface area (Å²) in [6.45, 7) is 4.20. The number of H-pyrrole nitrogens is 1. The van der Waals surface area contributed by atoms with Gasteiger partial charge in [0.2, 0.25) is 5.91 Å². The Balaban J connectivity index is 1.55. The van der Waals surface area contributed by atoms with Crippen LogP contribution in [-0.4, -0.2) is 57.2 Å². The van der Waals surface area contributed by atoms with Crippen LogP contribution in [0, 0.1) is 0 Å². The zero-order valence-electron chi connectivity index (χ0n) is 12.3. The minimum absolute atomic E-state index is 0.0696. The largest absolute Gasteiger partial charge is 0.367 e. The fourth-order valence-electron chi connectivity index (χ4n) is 2.26. The second-order valence-corrected chi connectivity index (χ2v) is 5.87. The molecule has 0 spiro atoms. The van der Waals surface area contributed by atoms with E-state index in [9.17, 15) is 4.79 Å². The van der Waals surface area contributed by atoms with Gasteiger partial charge in [0.05, 0.1) is 13.2 Å². The van der Waals surface area contributed by atoms with Crippen LogP contribution in [0.4, 0.5) is 5.13 Å². The van der Waals surface area contributed by atoms with Crippen LogP contribution < -0.4 is 5.32 Å². The van der Waals surface area contributed by atoms with Gasteiger partial charge in [-0.1, -0.05) is 6.92 Å². The highest BCUT2D eigenvalue weighted by Gasteiger charge is 2.26. The number of anilines is 1. The van der Waals surface area contributed by atoms with Crippen molar-refractivity contribution >= 4 is 22.4 Å². The standard InChI is InChI=1S/C13H18N6O2S/c1-2-10-15-12(18-17-10)9-7-19(4-5-21-9)8-11(20)16-13-14-3-6-22-13/h3,6,9H,2,4-5,7-8H2,1H3,(H,14,16,20)(H,15,17,18)/t9-/m1/s1. The summed E-state index contributed by atoms with van der Waals surface area (Å²) in [4.78, 5) is 22.5. The van der Waals surface area contributed by atoms with Gasteiger partial charge in [-0.25, -0.2) is 9.97 Å². The van der Waals surface area contributed by atoms with Crippen molar-refractivity contribution in [1.29, 1.82) is 0 Å². The molecule has 1 fully saturated rings.